The minimum absolute atomic E-state index is 0.185. The lowest BCUT2D eigenvalue weighted by Crippen LogP contribution is -2.19. The summed E-state index contributed by atoms with van der Waals surface area (Å²) in [6.45, 7) is 5.37. The van der Waals surface area contributed by atoms with Crippen LogP contribution in [0, 0.1) is 0 Å². The second kappa shape index (κ2) is 20.3. The molecule has 154 valence electrons. The molecule has 0 aromatic rings. The molecule has 1 atom stereocenters. The largest absolute Gasteiger partial charge is 0.466 e. The fraction of sp³-hybridized carbons (Fsp3) is 0.909. The van der Waals surface area contributed by atoms with Gasteiger partial charge in [-0.1, -0.05) is 90.9 Å². The van der Waals surface area contributed by atoms with E-state index in [9.17, 15) is 9.59 Å². The van der Waals surface area contributed by atoms with Crippen molar-refractivity contribution in [1.82, 2.24) is 0 Å². The number of carbonyl (C=O) groups is 2. The van der Waals surface area contributed by atoms with E-state index in [2.05, 4.69) is 13.8 Å². The first-order valence-corrected chi connectivity index (χ1v) is 11.0. The second-order valence-corrected chi connectivity index (χ2v) is 7.31. The molecule has 0 aliphatic rings. The summed E-state index contributed by atoms with van der Waals surface area (Å²) in [5, 5.41) is 0. The SMILES string of the molecule is CCCCCCCCCCOC(=O)CC(CCCCCCCC)OC=O. The van der Waals surface area contributed by atoms with E-state index in [1.165, 1.54) is 64.2 Å². The van der Waals surface area contributed by atoms with Crippen LogP contribution in [-0.4, -0.2) is 25.2 Å². The minimum atomic E-state index is -0.329. The van der Waals surface area contributed by atoms with E-state index in [1.54, 1.807) is 0 Å². The van der Waals surface area contributed by atoms with Gasteiger partial charge in [0.1, 0.15) is 6.10 Å². The van der Waals surface area contributed by atoms with Crippen LogP contribution in [-0.2, 0) is 19.1 Å². The number of unbranched alkanes of at least 4 members (excludes halogenated alkanes) is 12. The summed E-state index contributed by atoms with van der Waals surface area (Å²) in [5.41, 5.74) is 0. The highest BCUT2D eigenvalue weighted by Crippen LogP contribution is 2.13. The molecular weight excluding hydrogens is 328 g/mol. The Balaban J connectivity index is 3.63. The van der Waals surface area contributed by atoms with Gasteiger partial charge < -0.3 is 9.47 Å². The van der Waals surface area contributed by atoms with Crippen LogP contribution in [0.4, 0.5) is 0 Å². The van der Waals surface area contributed by atoms with E-state index in [4.69, 9.17) is 9.47 Å². The zero-order chi connectivity index (χ0) is 19.3. The van der Waals surface area contributed by atoms with Crippen molar-refractivity contribution in [3.05, 3.63) is 0 Å². The Morgan fingerprint density at radius 1 is 0.769 bits per heavy atom. The van der Waals surface area contributed by atoms with Crippen LogP contribution in [0.5, 0.6) is 0 Å². The molecule has 26 heavy (non-hydrogen) atoms. The normalized spacial score (nSPS) is 11.9. The Labute approximate surface area is 161 Å². The van der Waals surface area contributed by atoms with E-state index in [0.29, 0.717) is 13.1 Å². The average Bonchev–Trinajstić information content (AvgIpc) is 2.63. The standard InChI is InChI=1S/C22H42O4/c1-3-5-7-9-11-12-14-16-18-25-22(24)19-21(26-20-23)17-15-13-10-8-6-4-2/h20-21H,3-19H2,1-2H3. The highest BCUT2D eigenvalue weighted by Gasteiger charge is 2.15. The minimum Gasteiger partial charge on any atom is -0.466 e. The van der Waals surface area contributed by atoms with Crippen LogP contribution in [0.1, 0.15) is 117 Å². The highest BCUT2D eigenvalue weighted by atomic mass is 16.5. The van der Waals surface area contributed by atoms with Gasteiger partial charge in [-0.3, -0.25) is 9.59 Å². The number of carbonyl (C=O) groups excluding carboxylic acids is 2. The Kier molecular flexibility index (Phi) is 19.4. The molecule has 0 rings (SSSR count). The maximum atomic E-state index is 11.9. The lowest BCUT2D eigenvalue weighted by molar-refractivity contribution is -0.149. The van der Waals surface area contributed by atoms with Crippen molar-refractivity contribution in [3.8, 4) is 0 Å². The first kappa shape index (κ1) is 24.9. The lowest BCUT2D eigenvalue weighted by Gasteiger charge is -2.14. The van der Waals surface area contributed by atoms with Crippen LogP contribution < -0.4 is 0 Å². The maximum absolute atomic E-state index is 11.9. The molecule has 0 bridgehead atoms. The highest BCUT2D eigenvalue weighted by molar-refractivity contribution is 5.70. The van der Waals surface area contributed by atoms with Gasteiger partial charge in [-0.05, 0) is 19.3 Å². The summed E-state index contributed by atoms with van der Waals surface area (Å²) in [6, 6.07) is 0. The van der Waals surface area contributed by atoms with Crippen molar-refractivity contribution in [3.63, 3.8) is 0 Å². The Morgan fingerprint density at radius 2 is 1.27 bits per heavy atom. The Bertz CT molecular complexity index is 317. The lowest BCUT2D eigenvalue weighted by atomic mass is 10.1. The number of esters is 1. The van der Waals surface area contributed by atoms with Gasteiger partial charge in [0.15, 0.2) is 0 Å². The van der Waals surface area contributed by atoms with E-state index in [-0.39, 0.29) is 18.5 Å². The predicted octanol–water partition coefficient (Wildman–Crippen LogP) is 6.35. The molecule has 1 unspecified atom stereocenters. The Morgan fingerprint density at radius 3 is 1.81 bits per heavy atom. The molecule has 0 radical (unpaired) electrons. The van der Waals surface area contributed by atoms with Crippen LogP contribution in [0.2, 0.25) is 0 Å². The zero-order valence-corrected chi connectivity index (χ0v) is 17.3. The third kappa shape index (κ3) is 17.8. The molecule has 0 spiro atoms. The van der Waals surface area contributed by atoms with Crippen molar-refractivity contribution in [2.24, 2.45) is 0 Å². The van der Waals surface area contributed by atoms with Crippen molar-refractivity contribution in [2.75, 3.05) is 6.61 Å². The van der Waals surface area contributed by atoms with Gasteiger partial charge in [-0.25, -0.2) is 0 Å². The third-order valence-corrected chi connectivity index (χ3v) is 4.78. The van der Waals surface area contributed by atoms with Gasteiger partial charge >= 0.3 is 5.97 Å². The van der Waals surface area contributed by atoms with Gasteiger partial charge in [-0.2, -0.15) is 0 Å². The quantitative estimate of drug-likeness (QED) is 0.142. The number of ether oxygens (including phenoxy) is 2. The third-order valence-electron chi connectivity index (χ3n) is 4.78. The fourth-order valence-electron chi connectivity index (χ4n) is 3.12. The molecule has 0 aromatic carbocycles. The summed E-state index contributed by atoms with van der Waals surface area (Å²) < 4.78 is 10.3. The van der Waals surface area contributed by atoms with Crippen molar-refractivity contribution >= 4 is 12.4 Å². The summed E-state index contributed by atoms with van der Waals surface area (Å²) in [7, 11) is 0. The van der Waals surface area contributed by atoms with Crippen LogP contribution in [0.15, 0.2) is 0 Å². The summed E-state index contributed by atoms with van der Waals surface area (Å²) >= 11 is 0. The van der Waals surface area contributed by atoms with E-state index >= 15 is 0 Å². The smallest absolute Gasteiger partial charge is 0.309 e. The molecule has 4 heteroatoms. The van der Waals surface area contributed by atoms with Gasteiger partial charge in [0, 0.05) is 0 Å². The molecular formula is C22H42O4. The first-order chi connectivity index (χ1) is 12.7. The summed E-state index contributed by atoms with van der Waals surface area (Å²) in [4.78, 5) is 22.5. The molecule has 0 saturated carbocycles. The van der Waals surface area contributed by atoms with E-state index < -0.39 is 0 Å². The number of hydrogen-bond donors (Lipinski definition) is 0. The fourth-order valence-corrected chi connectivity index (χ4v) is 3.12. The maximum Gasteiger partial charge on any atom is 0.309 e. The summed E-state index contributed by atoms with van der Waals surface area (Å²) in [6.07, 6.45) is 17.5. The van der Waals surface area contributed by atoms with Crippen LogP contribution in [0.25, 0.3) is 0 Å². The monoisotopic (exact) mass is 370 g/mol. The average molecular weight is 371 g/mol. The van der Waals surface area contributed by atoms with Gasteiger partial charge in [-0.15, -0.1) is 0 Å². The van der Waals surface area contributed by atoms with E-state index in [1.807, 2.05) is 0 Å². The number of hydrogen-bond acceptors (Lipinski definition) is 4. The summed E-state index contributed by atoms with van der Waals surface area (Å²) in [5.74, 6) is -0.245. The van der Waals surface area contributed by atoms with Crippen LogP contribution in [0.3, 0.4) is 0 Å². The zero-order valence-electron chi connectivity index (χ0n) is 17.3. The molecule has 0 amide bonds. The molecule has 0 aliphatic heterocycles. The van der Waals surface area contributed by atoms with Crippen molar-refractivity contribution < 1.29 is 19.1 Å². The molecule has 0 aromatic heterocycles. The van der Waals surface area contributed by atoms with Gasteiger partial charge in [0.25, 0.3) is 6.47 Å². The molecule has 0 saturated heterocycles. The van der Waals surface area contributed by atoms with Crippen molar-refractivity contribution in [2.45, 2.75) is 123 Å². The van der Waals surface area contributed by atoms with E-state index in [0.717, 1.165) is 32.1 Å². The number of rotatable bonds is 20. The first-order valence-electron chi connectivity index (χ1n) is 11.0. The molecule has 0 heterocycles. The second-order valence-electron chi connectivity index (χ2n) is 7.31. The van der Waals surface area contributed by atoms with Gasteiger partial charge in [0.05, 0.1) is 13.0 Å². The molecule has 0 fully saturated rings. The predicted molar refractivity (Wildman–Crippen MR) is 107 cm³/mol. The van der Waals surface area contributed by atoms with Crippen LogP contribution >= 0.6 is 0 Å². The Hall–Kier alpha value is -1.06. The molecule has 4 nitrogen and oxygen atoms in total. The van der Waals surface area contributed by atoms with Gasteiger partial charge in [0.2, 0.25) is 0 Å². The molecule has 0 aliphatic carbocycles. The molecule has 0 N–H and O–H groups in total. The topological polar surface area (TPSA) is 52.6 Å². The van der Waals surface area contributed by atoms with Crippen molar-refractivity contribution in [1.29, 1.82) is 0 Å².